The van der Waals surface area contributed by atoms with E-state index in [0.717, 1.165) is 16.5 Å². The van der Waals surface area contributed by atoms with E-state index in [1.54, 1.807) is 23.6 Å². The maximum atomic E-state index is 14.6. The second kappa shape index (κ2) is 10.3. The van der Waals surface area contributed by atoms with Crippen LogP contribution in [0.2, 0.25) is 0 Å². The molecule has 0 aliphatic carbocycles. The number of aliphatic hydroxyl groups excluding tert-OH is 2. The minimum atomic E-state index is -6.18. The van der Waals surface area contributed by atoms with Crippen LogP contribution < -0.4 is 0 Å². The van der Waals surface area contributed by atoms with E-state index in [4.69, 9.17) is 5.11 Å². The van der Waals surface area contributed by atoms with Crippen LogP contribution in [-0.2, 0) is 38.4 Å². The second-order valence-electron chi connectivity index (χ2n) is 8.10. The van der Waals surface area contributed by atoms with E-state index in [2.05, 4.69) is 0 Å². The van der Waals surface area contributed by atoms with E-state index in [1.165, 1.54) is 24.3 Å². The van der Waals surface area contributed by atoms with Crippen LogP contribution in [0.5, 0.6) is 0 Å². The number of hydrogen-bond donors (Lipinski definition) is 3. The van der Waals surface area contributed by atoms with Gasteiger partial charge in [-0.15, -0.1) is 11.3 Å². The average Bonchev–Trinajstić information content (AvgIpc) is 3.30. The molecule has 3 nitrogen and oxygen atoms in total. The van der Waals surface area contributed by atoms with Gasteiger partial charge in [0.25, 0.3) is 0 Å². The molecule has 0 saturated heterocycles. The highest BCUT2D eigenvalue weighted by molar-refractivity contribution is 7.10. The highest BCUT2D eigenvalue weighted by atomic mass is 32.1. The Kier molecular flexibility index (Phi) is 8.00. The summed E-state index contributed by atoms with van der Waals surface area (Å²) in [6, 6.07) is 10.4. The Balaban J connectivity index is 1.89. The van der Waals surface area contributed by atoms with Gasteiger partial charge in [-0.3, -0.25) is 0 Å². The quantitative estimate of drug-likeness (QED) is 0.302. The molecule has 1 atom stereocenters. The van der Waals surface area contributed by atoms with Crippen LogP contribution >= 0.6 is 11.3 Å². The van der Waals surface area contributed by atoms with Crippen molar-refractivity contribution in [3.63, 3.8) is 0 Å². The lowest BCUT2D eigenvalue weighted by Gasteiger charge is -2.32. The summed E-state index contributed by atoms with van der Waals surface area (Å²) in [6.45, 7) is 1.06. The minimum absolute atomic E-state index is 0.110. The number of hydrogen-bond acceptors (Lipinski definition) is 4. The third-order valence-electron chi connectivity index (χ3n) is 5.90. The first kappa shape index (κ1) is 27.2. The zero-order valence-electron chi connectivity index (χ0n) is 18.7. The fourth-order valence-corrected chi connectivity index (χ4v) is 4.83. The molecule has 35 heavy (non-hydrogen) atoms. The predicted octanol–water partition coefficient (Wildman–Crippen LogP) is 6.06. The largest absolute Gasteiger partial charge is 0.455 e. The average molecular weight is 519 g/mol. The summed E-state index contributed by atoms with van der Waals surface area (Å²) < 4.78 is 81.8. The molecule has 1 unspecified atom stereocenters. The van der Waals surface area contributed by atoms with Gasteiger partial charge >= 0.3 is 18.0 Å². The molecule has 1 aromatic heterocycles. The summed E-state index contributed by atoms with van der Waals surface area (Å²) in [4.78, 5) is 0.883. The second-order valence-corrected chi connectivity index (χ2v) is 9.10. The summed E-state index contributed by atoms with van der Waals surface area (Å²) in [5.41, 5.74) is 1.51. The van der Waals surface area contributed by atoms with Crippen molar-refractivity contribution in [1.82, 2.24) is 0 Å². The predicted molar refractivity (Wildman–Crippen MR) is 121 cm³/mol. The van der Waals surface area contributed by atoms with Gasteiger partial charge in [-0.25, -0.2) is 0 Å². The molecule has 190 valence electrons. The van der Waals surface area contributed by atoms with Gasteiger partial charge in [-0.2, -0.15) is 26.3 Å². The van der Waals surface area contributed by atoms with E-state index in [0.29, 0.717) is 35.6 Å². The maximum Gasteiger partial charge on any atom is 0.455 e. The number of thiophene rings is 1. The Morgan fingerprint density at radius 2 is 1.54 bits per heavy atom. The third-order valence-corrected chi connectivity index (χ3v) is 6.89. The minimum Gasteiger partial charge on any atom is -0.392 e. The molecule has 2 aromatic carbocycles. The number of rotatable bonds is 9. The summed E-state index contributed by atoms with van der Waals surface area (Å²) >= 11 is 1.34. The fraction of sp³-hybridized carbons (Fsp3) is 0.360. The van der Waals surface area contributed by atoms with E-state index < -0.39 is 23.5 Å². The lowest BCUT2D eigenvalue weighted by Crippen LogP contribution is -2.53. The Morgan fingerprint density at radius 3 is 2.14 bits per heavy atom. The van der Waals surface area contributed by atoms with Gasteiger partial charge in [0.05, 0.1) is 13.2 Å². The van der Waals surface area contributed by atoms with Crippen molar-refractivity contribution in [2.45, 2.75) is 57.4 Å². The van der Waals surface area contributed by atoms with Gasteiger partial charge in [0.1, 0.15) is 0 Å². The zero-order chi connectivity index (χ0) is 26.0. The van der Waals surface area contributed by atoms with Crippen LogP contribution in [0, 0.1) is 0 Å². The molecule has 3 rings (SSSR count). The van der Waals surface area contributed by atoms with Gasteiger partial charge in [0.2, 0.25) is 0 Å². The number of halogens is 6. The summed E-state index contributed by atoms with van der Waals surface area (Å²) in [7, 11) is 0. The highest BCUT2D eigenvalue weighted by Gasteiger charge is 2.71. The monoisotopic (exact) mass is 518 g/mol. The van der Waals surface area contributed by atoms with Gasteiger partial charge in [0, 0.05) is 10.4 Å². The van der Waals surface area contributed by atoms with Gasteiger partial charge in [-0.05, 0) is 64.1 Å². The van der Waals surface area contributed by atoms with Crippen LogP contribution in [0.15, 0.2) is 47.8 Å². The molecule has 0 spiro atoms. The van der Waals surface area contributed by atoms with E-state index in [1.807, 2.05) is 6.07 Å². The molecule has 0 aliphatic rings. The molecule has 0 saturated carbocycles. The smallest absolute Gasteiger partial charge is 0.392 e. The first-order valence-corrected chi connectivity index (χ1v) is 11.6. The molecule has 1 heterocycles. The Morgan fingerprint density at radius 1 is 0.857 bits per heavy atom. The lowest BCUT2D eigenvalue weighted by atomic mass is 9.89. The van der Waals surface area contributed by atoms with Gasteiger partial charge in [0.15, 0.2) is 0 Å². The first-order valence-electron chi connectivity index (χ1n) is 10.8. The van der Waals surface area contributed by atoms with Crippen molar-refractivity contribution in [2.75, 3.05) is 0 Å². The van der Waals surface area contributed by atoms with Gasteiger partial charge < -0.3 is 15.3 Å². The molecular formula is C25H24F6O3S. The Bertz CT molecular complexity index is 1170. The molecule has 10 heteroatoms. The first-order chi connectivity index (χ1) is 16.4. The SMILES string of the molecule is CCc1c(-c2csc(CCc3ccc(CO)c(CO)c3)c2)cccc1C(F)(F)C(O)(F)C(F)(F)F. The highest BCUT2D eigenvalue weighted by Crippen LogP contribution is 2.51. The summed E-state index contributed by atoms with van der Waals surface area (Å²) in [5, 5.41) is 29.5. The molecule has 3 N–H and O–H groups in total. The molecule has 0 aliphatic heterocycles. The number of aliphatic hydroxyl groups is 3. The third kappa shape index (κ3) is 5.25. The topological polar surface area (TPSA) is 60.7 Å². The number of alkyl halides is 6. The zero-order valence-corrected chi connectivity index (χ0v) is 19.5. The number of aryl methyl sites for hydroxylation is 2. The van der Waals surface area contributed by atoms with Crippen molar-refractivity contribution in [3.8, 4) is 11.1 Å². The van der Waals surface area contributed by atoms with Crippen molar-refractivity contribution in [3.05, 3.63) is 80.5 Å². The van der Waals surface area contributed by atoms with Crippen LogP contribution in [-0.4, -0.2) is 27.4 Å². The van der Waals surface area contributed by atoms with Crippen molar-refractivity contribution < 1.29 is 41.7 Å². The van der Waals surface area contributed by atoms with Crippen molar-refractivity contribution >= 4 is 11.3 Å². The van der Waals surface area contributed by atoms with Crippen molar-refractivity contribution in [1.29, 1.82) is 0 Å². The summed E-state index contributed by atoms with van der Waals surface area (Å²) in [5.74, 6) is -10.9. The molecule has 0 bridgehead atoms. The molecule has 0 amide bonds. The fourth-order valence-electron chi connectivity index (χ4n) is 3.95. The van der Waals surface area contributed by atoms with Crippen LogP contribution in [0.4, 0.5) is 26.3 Å². The lowest BCUT2D eigenvalue weighted by molar-refractivity contribution is -0.390. The van der Waals surface area contributed by atoms with Crippen LogP contribution in [0.25, 0.3) is 11.1 Å². The number of benzene rings is 2. The molecule has 3 aromatic rings. The molecular weight excluding hydrogens is 494 g/mol. The summed E-state index contributed by atoms with van der Waals surface area (Å²) in [6.07, 6.45) is -5.12. The molecule has 0 fully saturated rings. The van der Waals surface area contributed by atoms with Gasteiger partial charge in [-0.1, -0.05) is 43.3 Å². The van der Waals surface area contributed by atoms with Crippen LogP contribution in [0.3, 0.4) is 0 Å². The molecule has 0 radical (unpaired) electrons. The Labute approximate surface area is 202 Å². The van der Waals surface area contributed by atoms with Crippen LogP contribution in [0.1, 0.15) is 39.6 Å². The normalized spacial score (nSPS) is 14.2. The maximum absolute atomic E-state index is 14.6. The van der Waals surface area contributed by atoms with Crippen molar-refractivity contribution in [2.24, 2.45) is 0 Å². The van der Waals surface area contributed by atoms with E-state index in [9.17, 15) is 36.6 Å². The van der Waals surface area contributed by atoms with E-state index in [-0.39, 0.29) is 30.8 Å². The van der Waals surface area contributed by atoms with E-state index >= 15 is 0 Å². The Hall–Kier alpha value is -2.40. The standard InChI is InChI=1S/C25H24F6O3S/c1-2-20-21(4-3-5-22(20)23(26,27)24(28,34)25(29,30)31)18-11-19(35-14-18)9-7-15-6-8-16(12-32)17(10-15)13-33/h3-6,8,10-11,14,32-34H,2,7,9,12-13H2,1H3.